The summed E-state index contributed by atoms with van der Waals surface area (Å²) >= 11 is 0. The molecule has 3 fully saturated rings. The van der Waals surface area contributed by atoms with E-state index in [2.05, 4.69) is 5.32 Å². The van der Waals surface area contributed by atoms with Crippen LogP contribution in [0.1, 0.15) is 37.3 Å². The minimum absolute atomic E-state index is 0.0200. The predicted octanol–water partition coefficient (Wildman–Crippen LogP) is 0.143. The molecule has 6 rings (SSSR count). The van der Waals surface area contributed by atoms with Gasteiger partial charge < -0.3 is 54.9 Å². The maximum atomic E-state index is 14.7. The van der Waals surface area contributed by atoms with Crippen molar-refractivity contribution in [3.05, 3.63) is 59.7 Å². The number of likely N-dealkylation sites (tertiary alicyclic amines) is 1. The first-order valence-corrected chi connectivity index (χ1v) is 19.7. The molecule has 49 heavy (non-hydrogen) atoms. The molecule has 0 aromatic heterocycles. The molecule has 4 aliphatic rings. The third-order valence-corrected chi connectivity index (χ3v) is 13.1. The number of nitrogens with zero attached hydrogens (tertiary/aromatic N) is 2. The molecular weight excluding hydrogens is 654 g/mol. The van der Waals surface area contributed by atoms with E-state index in [1.807, 2.05) is 31.2 Å². The summed E-state index contributed by atoms with van der Waals surface area (Å²) < 4.78 is 11.8. The van der Waals surface area contributed by atoms with Crippen molar-refractivity contribution in [3.63, 3.8) is 0 Å². The molecule has 266 valence electrons. The average Bonchev–Trinajstić information content (AvgIpc) is 3.72. The zero-order chi connectivity index (χ0) is 35.4. The van der Waals surface area contributed by atoms with Gasteiger partial charge >= 0.3 is 0 Å². The van der Waals surface area contributed by atoms with Gasteiger partial charge in [-0.15, -0.1) is 0 Å². The molecule has 2 aromatic carbocycles. The van der Waals surface area contributed by atoms with Crippen LogP contribution in [0, 0.1) is 5.92 Å². The largest absolute Gasteiger partial charge is 0.432 e. The van der Waals surface area contributed by atoms with Gasteiger partial charge in [0.25, 0.3) is 11.8 Å². The summed E-state index contributed by atoms with van der Waals surface area (Å²) in [6, 6.07) is 13.7. The van der Waals surface area contributed by atoms with Gasteiger partial charge in [0.15, 0.2) is 26.3 Å². The summed E-state index contributed by atoms with van der Waals surface area (Å²) in [6.45, 7) is 5.99. The fraction of sp³-hybridized carbons (Fsp3) is 0.559. The van der Waals surface area contributed by atoms with Crippen LogP contribution >= 0.6 is 0 Å². The summed E-state index contributed by atoms with van der Waals surface area (Å²) in [6.07, 6.45) is -8.12. The molecule has 1 spiro atoms. The zero-order valence-corrected chi connectivity index (χ0v) is 28.7. The Morgan fingerprint density at radius 3 is 2.49 bits per heavy atom. The second-order valence-electron chi connectivity index (χ2n) is 14.1. The number of carbonyl (C=O) groups excluding carboxylic acids is 3. The molecule has 2 aromatic rings. The van der Waals surface area contributed by atoms with Crippen LogP contribution in [0.5, 0.6) is 0 Å². The van der Waals surface area contributed by atoms with Crippen LogP contribution in [0.25, 0.3) is 0 Å². The quantitative estimate of drug-likeness (QED) is 0.184. The Balaban J connectivity index is 1.25. The van der Waals surface area contributed by atoms with Crippen LogP contribution in [-0.2, 0) is 36.0 Å². The molecule has 3 amide bonds. The molecule has 4 heterocycles. The normalized spacial score (nSPS) is 34.5. The highest BCUT2D eigenvalue weighted by Crippen LogP contribution is 2.59. The van der Waals surface area contributed by atoms with E-state index in [0.717, 1.165) is 12.8 Å². The van der Waals surface area contributed by atoms with Crippen molar-refractivity contribution in [1.82, 2.24) is 4.90 Å². The second kappa shape index (κ2) is 13.5. The average molecular weight is 700 g/mol. The molecule has 4 aliphatic heterocycles. The predicted molar refractivity (Wildman–Crippen MR) is 177 cm³/mol. The Morgan fingerprint density at radius 1 is 1.04 bits per heavy atom. The van der Waals surface area contributed by atoms with Crippen LogP contribution in [0.2, 0.25) is 18.6 Å². The second-order valence-corrected chi connectivity index (χ2v) is 18.1. The van der Waals surface area contributed by atoms with E-state index in [-0.39, 0.29) is 37.4 Å². The number of carbonyl (C=O) groups is 3. The van der Waals surface area contributed by atoms with Gasteiger partial charge in [-0.05, 0) is 49.7 Å². The van der Waals surface area contributed by atoms with Crippen LogP contribution in [-0.4, -0.2) is 117 Å². The Morgan fingerprint density at radius 2 is 1.78 bits per heavy atom. The number of fused-ring (bicyclic) bond motifs is 2. The molecule has 10 atom stereocenters. The summed E-state index contributed by atoms with van der Waals surface area (Å²) in [4.78, 5) is 56.0. The number of benzene rings is 2. The fourth-order valence-corrected chi connectivity index (χ4v) is 10.8. The van der Waals surface area contributed by atoms with Crippen molar-refractivity contribution < 1.29 is 54.2 Å². The standard InChI is InChI=1S/C34H45N3O11Si/c1-18-30(49(2,3)46)24(15-25(39)36-13-7-10-21(36)17-38)48-34(18)22-11-4-5-12-23(22)37(33(34)45)16-19-8-6-9-20(14-19)35-31(43)29-27(41)26(40)28(42)32(44)47-29/h4-6,8-9,11-12,14,18,21,24,26-30,32,38,40-42,44,46H,7,10,13,15-17H2,1-3H3,(H,35,43)/t18-,21+,24+,26+,27+,28-,29+,30-,32-,34+/m1/s1. The lowest BCUT2D eigenvalue weighted by atomic mass is 9.82. The zero-order valence-electron chi connectivity index (χ0n) is 27.7. The Hall–Kier alpha value is -3.25. The summed E-state index contributed by atoms with van der Waals surface area (Å²) in [5, 5.41) is 52.3. The number of hydrogen-bond acceptors (Lipinski definition) is 11. The highest BCUT2D eigenvalue weighted by molar-refractivity contribution is 6.71. The Kier molecular flexibility index (Phi) is 9.77. The smallest absolute Gasteiger partial charge is 0.264 e. The van der Waals surface area contributed by atoms with E-state index in [0.29, 0.717) is 29.0 Å². The van der Waals surface area contributed by atoms with E-state index in [1.165, 1.54) is 0 Å². The number of aliphatic hydroxyl groups excluding tert-OH is 5. The molecule has 0 radical (unpaired) electrons. The number of ether oxygens (including phenoxy) is 2. The Labute approximate surface area is 285 Å². The summed E-state index contributed by atoms with van der Waals surface area (Å²) in [7, 11) is -3.01. The van der Waals surface area contributed by atoms with Crippen molar-refractivity contribution in [2.75, 3.05) is 23.4 Å². The van der Waals surface area contributed by atoms with Gasteiger partial charge in [-0.3, -0.25) is 14.4 Å². The van der Waals surface area contributed by atoms with Crippen molar-refractivity contribution in [2.45, 2.75) is 99.8 Å². The maximum Gasteiger partial charge on any atom is 0.264 e. The molecular formula is C34H45N3O11Si. The van der Waals surface area contributed by atoms with Crippen molar-refractivity contribution in [1.29, 1.82) is 0 Å². The molecule has 15 heteroatoms. The van der Waals surface area contributed by atoms with Crippen molar-refractivity contribution >= 4 is 37.4 Å². The number of amides is 3. The van der Waals surface area contributed by atoms with Crippen molar-refractivity contribution in [3.8, 4) is 0 Å². The molecule has 3 saturated heterocycles. The van der Waals surface area contributed by atoms with Gasteiger partial charge in [0.2, 0.25) is 5.91 Å². The minimum Gasteiger partial charge on any atom is -0.432 e. The van der Waals surface area contributed by atoms with E-state index >= 15 is 0 Å². The lowest BCUT2D eigenvalue weighted by Crippen LogP contribution is -2.60. The topological polar surface area (TPSA) is 210 Å². The highest BCUT2D eigenvalue weighted by atomic mass is 28.4. The van der Waals surface area contributed by atoms with Crippen LogP contribution in [0.3, 0.4) is 0 Å². The van der Waals surface area contributed by atoms with Crippen molar-refractivity contribution in [2.24, 2.45) is 5.92 Å². The number of rotatable bonds is 8. The van der Waals surface area contributed by atoms with Gasteiger partial charge in [-0.2, -0.15) is 0 Å². The van der Waals surface area contributed by atoms with E-state index in [1.54, 1.807) is 47.2 Å². The number of para-hydroxylation sites is 1. The number of anilines is 2. The monoisotopic (exact) mass is 699 g/mol. The van der Waals surface area contributed by atoms with Crippen LogP contribution in [0.4, 0.5) is 11.4 Å². The molecule has 0 saturated carbocycles. The summed E-state index contributed by atoms with van der Waals surface area (Å²) in [5.41, 5.74) is 0.298. The Bertz CT molecular complexity index is 1590. The first-order valence-electron chi connectivity index (χ1n) is 16.7. The van der Waals surface area contributed by atoms with Crippen LogP contribution in [0.15, 0.2) is 48.5 Å². The first kappa shape index (κ1) is 35.6. The van der Waals surface area contributed by atoms with E-state index in [9.17, 15) is 44.7 Å². The van der Waals surface area contributed by atoms with Gasteiger partial charge in [0.1, 0.15) is 18.3 Å². The SMILES string of the molecule is C[C@@H]1[C@@H]([Si](C)(C)O)[C@H](CC(=O)N2CCC[C@H]2CO)O[C@@]12C(=O)N(Cc1cccc(NC(=O)[C@H]3O[C@@H](O)[C@H](O)[C@@H](O)[C@@H]3O)c1)c1ccccc12. The third kappa shape index (κ3) is 6.21. The van der Waals surface area contributed by atoms with E-state index < -0.39 is 68.1 Å². The van der Waals surface area contributed by atoms with Gasteiger partial charge in [-0.1, -0.05) is 37.3 Å². The molecule has 0 aliphatic carbocycles. The van der Waals surface area contributed by atoms with E-state index in [4.69, 9.17) is 9.47 Å². The lowest BCUT2D eigenvalue weighted by molar-refractivity contribution is -0.274. The van der Waals surface area contributed by atoms with Gasteiger partial charge in [0, 0.05) is 29.3 Å². The number of aliphatic hydroxyl groups is 5. The van der Waals surface area contributed by atoms with Crippen LogP contribution < -0.4 is 10.2 Å². The molecule has 0 unspecified atom stereocenters. The molecule has 14 nitrogen and oxygen atoms in total. The molecule has 0 bridgehead atoms. The van der Waals surface area contributed by atoms with Gasteiger partial charge in [0.05, 0.1) is 37.4 Å². The maximum absolute atomic E-state index is 14.7. The fourth-order valence-electron chi connectivity index (χ4n) is 8.25. The highest BCUT2D eigenvalue weighted by Gasteiger charge is 2.66. The number of hydrogen-bond donors (Lipinski definition) is 7. The number of nitrogens with one attached hydrogen (secondary N) is 1. The summed E-state index contributed by atoms with van der Waals surface area (Å²) in [5.74, 6) is -1.83. The molecule has 7 N–H and O–H groups in total. The minimum atomic E-state index is -3.01. The third-order valence-electron chi connectivity index (χ3n) is 10.6. The first-order chi connectivity index (χ1) is 23.2. The van der Waals surface area contributed by atoms with Gasteiger partial charge in [-0.25, -0.2) is 0 Å². The lowest BCUT2D eigenvalue weighted by Gasteiger charge is -2.37.